The van der Waals surface area contributed by atoms with Gasteiger partial charge in [0.1, 0.15) is 0 Å². The molecule has 128 valence electrons. The molecule has 2 aromatic rings. The monoisotopic (exact) mass is 329 g/mol. The summed E-state index contributed by atoms with van der Waals surface area (Å²) in [6, 6.07) is 7.28. The maximum absolute atomic E-state index is 11.9. The molecule has 6 heteroatoms. The molecule has 1 amide bonds. The first kappa shape index (κ1) is 16.4. The molecule has 24 heavy (non-hydrogen) atoms. The fourth-order valence-corrected chi connectivity index (χ4v) is 2.98. The average Bonchev–Trinajstić information content (AvgIpc) is 3.03. The third-order valence-electron chi connectivity index (χ3n) is 4.22. The van der Waals surface area contributed by atoms with Crippen molar-refractivity contribution in [1.82, 2.24) is 15.1 Å². The van der Waals surface area contributed by atoms with Crippen molar-refractivity contribution in [1.29, 1.82) is 0 Å². The van der Waals surface area contributed by atoms with E-state index in [1.54, 1.807) is 19.2 Å². The Labute approximate surface area is 141 Å². The fraction of sp³-hybridized carbons (Fsp3) is 0.444. The molecule has 0 saturated heterocycles. The molecule has 0 bridgehead atoms. The summed E-state index contributed by atoms with van der Waals surface area (Å²) in [5.41, 5.74) is 2.67. The predicted octanol–water partition coefficient (Wildman–Crippen LogP) is 1.97. The van der Waals surface area contributed by atoms with Gasteiger partial charge < -0.3 is 14.8 Å². The maximum Gasteiger partial charge on any atom is 0.258 e. The minimum absolute atomic E-state index is 0.0302. The molecule has 0 spiro atoms. The van der Waals surface area contributed by atoms with E-state index in [0.717, 1.165) is 12.8 Å². The number of carbonyl (C=O) groups is 1. The van der Waals surface area contributed by atoms with Gasteiger partial charge in [-0.25, -0.2) is 0 Å². The zero-order valence-corrected chi connectivity index (χ0v) is 14.0. The quantitative estimate of drug-likeness (QED) is 0.843. The number of nitrogens with one attached hydrogen (secondary N) is 1. The van der Waals surface area contributed by atoms with Crippen LogP contribution < -0.4 is 14.8 Å². The van der Waals surface area contributed by atoms with E-state index in [2.05, 4.69) is 10.4 Å². The number of nitrogens with zero attached hydrogens (tertiary/aromatic N) is 2. The molecule has 0 aliphatic heterocycles. The Morgan fingerprint density at radius 1 is 1.25 bits per heavy atom. The van der Waals surface area contributed by atoms with Crippen molar-refractivity contribution in [2.45, 2.75) is 32.2 Å². The zero-order chi connectivity index (χ0) is 16.8. The van der Waals surface area contributed by atoms with E-state index in [0.29, 0.717) is 24.6 Å². The predicted molar refractivity (Wildman–Crippen MR) is 90.4 cm³/mol. The van der Waals surface area contributed by atoms with Crippen molar-refractivity contribution in [3.05, 3.63) is 41.7 Å². The molecule has 0 unspecified atom stereocenters. The number of carbonyl (C=O) groups excluding carboxylic acids is 1. The van der Waals surface area contributed by atoms with Crippen LogP contribution in [0.15, 0.2) is 30.5 Å². The van der Waals surface area contributed by atoms with Gasteiger partial charge in [0.15, 0.2) is 18.1 Å². The topological polar surface area (TPSA) is 65.4 Å². The van der Waals surface area contributed by atoms with Crippen molar-refractivity contribution in [3.63, 3.8) is 0 Å². The number of benzene rings is 1. The third kappa shape index (κ3) is 3.88. The van der Waals surface area contributed by atoms with Gasteiger partial charge in [0.2, 0.25) is 0 Å². The summed E-state index contributed by atoms with van der Waals surface area (Å²) in [7, 11) is 1.58. The van der Waals surface area contributed by atoms with E-state index in [9.17, 15) is 4.79 Å². The zero-order valence-electron chi connectivity index (χ0n) is 14.0. The second-order valence-electron chi connectivity index (χ2n) is 5.84. The van der Waals surface area contributed by atoms with E-state index < -0.39 is 0 Å². The first-order chi connectivity index (χ1) is 11.8. The molecule has 1 N–H and O–H groups in total. The summed E-state index contributed by atoms with van der Waals surface area (Å²) < 4.78 is 12.7. The molecule has 0 fully saturated rings. The lowest BCUT2D eigenvalue weighted by atomic mass is 9.98. The molecule has 1 aliphatic rings. The van der Waals surface area contributed by atoms with Gasteiger partial charge in [0.05, 0.1) is 19.9 Å². The summed E-state index contributed by atoms with van der Waals surface area (Å²) in [5, 5.41) is 7.30. The number of aromatic nitrogens is 2. The van der Waals surface area contributed by atoms with Crippen LogP contribution in [0.5, 0.6) is 11.5 Å². The van der Waals surface area contributed by atoms with Crippen LogP contribution in [0.25, 0.3) is 0 Å². The van der Waals surface area contributed by atoms with Crippen molar-refractivity contribution in [3.8, 4) is 11.5 Å². The first-order valence-corrected chi connectivity index (χ1v) is 8.34. The molecule has 0 saturated carbocycles. The van der Waals surface area contributed by atoms with Crippen LogP contribution in [0, 0.1) is 0 Å². The molecule has 1 aromatic carbocycles. The van der Waals surface area contributed by atoms with Gasteiger partial charge in [-0.15, -0.1) is 0 Å². The van der Waals surface area contributed by atoms with Crippen molar-refractivity contribution in [2.24, 2.45) is 0 Å². The number of hydrogen-bond acceptors (Lipinski definition) is 4. The Morgan fingerprint density at radius 3 is 2.88 bits per heavy atom. The van der Waals surface area contributed by atoms with Crippen LogP contribution in [0.4, 0.5) is 0 Å². The van der Waals surface area contributed by atoms with E-state index >= 15 is 0 Å². The Morgan fingerprint density at radius 2 is 2.04 bits per heavy atom. The molecular formula is C18H23N3O3. The molecule has 6 nitrogen and oxygen atoms in total. The van der Waals surface area contributed by atoms with Crippen molar-refractivity contribution >= 4 is 5.91 Å². The Kier molecular flexibility index (Phi) is 5.36. The highest BCUT2D eigenvalue weighted by Crippen LogP contribution is 2.25. The largest absolute Gasteiger partial charge is 0.493 e. The van der Waals surface area contributed by atoms with Crippen molar-refractivity contribution < 1.29 is 14.3 Å². The highest BCUT2D eigenvalue weighted by atomic mass is 16.5. The second kappa shape index (κ2) is 7.86. The van der Waals surface area contributed by atoms with E-state index in [4.69, 9.17) is 9.47 Å². The average molecular weight is 329 g/mol. The number of para-hydroxylation sites is 2. The van der Waals surface area contributed by atoms with E-state index in [1.165, 1.54) is 24.1 Å². The minimum Gasteiger partial charge on any atom is -0.493 e. The summed E-state index contributed by atoms with van der Waals surface area (Å²) >= 11 is 0. The maximum atomic E-state index is 11.9. The van der Waals surface area contributed by atoms with Gasteiger partial charge in [0.25, 0.3) is 5.91 Å². The first-order valence-electron chi connectivity index (χ1n) is 8.34. The SMILES string of the molecule is COc1ccccc1OCC(=O)NCCn1ncc2c1CCCC2. The van der Waals surface area contributed by atoms with Crippen LogP contribution in [0.1, 0.15) is 24.1 Å². The van der Waals surface area contributed by atoms with E-state index in [1.807, 2.05) is 23.0 Å². The molecular weight excluding hydrogens is 306 g/mol. The highest BCUT2D eigenvalue weighted by Gasteiger charge is 2.14. The van der Waals surface area contributed by atoms with Gasteiger partial charge in [0, 0.05) is 12.2 Å². The lowest BCUT2D eigenvalue weighted by Crippen LogP contribution is -2.32. The van der Waals surface area contributed by atoms with Crippen LogP contribution in [0.3, 0.4) is 0 Å². The van der Waals surface area contributed by atoms with Crippen LogP contribution >= 0.6 is 0 Å². The number of fused-ring (bicyclic) bond motifs is 1. The van der Waals surface area contributed by atoms with E-state index in [-0.39, 0.29) is 12.5 Å². The summed E-state index contributed by atoms with van der Waals surface area (Å²) in [6.45, 7) is 1.20. The number of amides is 1. The van der Waals surface area contributed by atoms with Gasteiger partial charge >= 0.3 is 0 Å². The molecule has 0 atom stereocenters. The molecule has 1 aliphatic carbocycles. The Balaban J connectivity index is 1.44. The van der Waals surface area contributed by atoms with Gasteiger partial charge in [-0.2, -0.15) is 5.10 Å². The van der Waals surface area contributed by atoms with Crippen molar-refractivity contribution in [2.75, 3.05) is 20.3 Å². The molecule has 0 radical (unpaired) electrons. The summed E-state index contributed by atoms with van der Waals surface area (Å²) in [5.74, 6) is 1.03. The molecule has 3 rings (SSSR count). The van der Waals surface area contributed by atoms with Gasteiger partial charge in [-0.1, -0.05) is 12.1 Å². The Bertz CT molecular complexity index is 697. The Hall–Kier alpha value is -2.50. The summed E-state index contributed by atoms with van der Waals surface area (Å²) in [4.78, 5) is 11.9. The number of methoxy groups -OCH3 is 1. The smallest absolute Gasteiger partial charge is 0.258 e. The molecule has 1 heterocycles. The lowest BCUT2D eigenvalue weighted by Gasteiger charge is -2.14. The van der Waals surface area contributed by atoms with Gasteiger partial charge in [-0.05, 0) is 43.4 Å². The fourth-order valence-electron chi connectivity index (χ4n) is 2.98. The molecule has 1 aromatic heterocycles. The lowest BCUT2D eigenvalue weighted by molar-refractivity contribution is -0.123. The number of aryl methyl sites for hydroxylation is 1. The number of hydrogen-bond donors (Lipinski definition) is 1. The third-order valence-corrected chi connectivity index (χ3v) is 4.22. The van der Waals surface area contributed by atoms with Gasteiger partial charge in [-0.3, -0.25) is 9.48 Å². The van der Waals surface area contributed by atoms with Crippen LogP contribution in [-0.2, 0) is 24.2 Å². The minimum atomic E-state index is -0.151. The highest BCUT2D eigenvalue weighted by molar-refractivity contribution is 5.77. The number of rotatable bonds is 7. The van der Waals surface area contributed by atoms with Crippen LogP contribution in [0.2, 0.25) is 0 Å². The standard InChI is InChI=1S/C18H23N3O3/c1-23-16-8-4-5-9-17(16)24-13-18(22)19-10-11-21-15-7-3-2-6-14(15)12-20-21/h4-5,8-9,12H,2-3,6-7,10-11,13H2,1H3,(H,19,22). The normalized spacial score (nSPS) is 13.2. The second-order valence-corrected chi connectivity index (χ2v) is 5.84. The summed E-state index contributed by atoms with van der Waals surface area (Å²) in [6.07, 6.45) is 6.63. The van der Waals surface area contributed by atoms with Crippen LogP contribution in [-0.4, -0.2) is 35.9 Å². The number of ether oxygens (including phenoxy) is 2.